The predicted molar refractivity (Wildman–Crippen MR) is 95.7 cm³/mol. The highest BCUT2D eigenvalue weighted by Crippen LogP contribution is 2.23. The fourth-order valence-corrected chi connectivity index (χ4v) is 4.37. The van der Waals surface area contributed by atoms with Gasteiger partial charge in [0.2, 0.25) is 5.91 Å². The number of rotatable bonds is 3. The number of carbonyl (C=O) groups is 1. The zero-order valence-electron chi connectivity index (χ0n) is 14.9. The molecule has 1 aliphatic carbocycles. The van der Waals surface area contributed by atoms with Crippen molar-refractivity contribution in [2.24, 2.45) is 0 Å². The second-order valence-electron chi connectivity index (χ2n) is 7.30. The number of fused-ring (bicyclic) bond motifs is 3. The van der Waals surface area contributed by atoms with Crippen molar-refractivity contribution in [2.75, 3.05) is 6.54 Å². The molecule has 3 heterocycles. The van der Waals surface area contributed by atoms with Gasteiger partial charge in [-0.3, -0.25) is 9.59 Å². The summed E-state index contributed by atoms with van der Waals surface area (Å²) < 4.78 is 3.27. The zero-order chi connectivity index (χ0) is 17.4. The first-order valence-corrected chi connectivity index (χ1v) is 9.58. The normalized spacial score (nSPS) is 20.7. The Morgan fingerprint density at radius 2 is 2.04 bits per heavy atom. The van der Waals surface area contributed by atoms with E-state index in [1.54, 1.807) is 15.3 Å². The van der Waals surface area contributed by atoms with Gasteiger partial charge >= 0.3 is 0 Å². The Kier molecular flexibility index (Phi) is 4.36. The van der Waals surface area contributed by atoms with Crippen LogP contribution in [0.15, 0.2) is 17.2 Å². The molecule has 1 aliphatic heterocycles. The summed E-state index contributed by atoms with van der Waals surface area (Å²) in [5.41, 5.74) is 2.71. The fourth-order valence-electron chi connectivity index (χ4n) is 4.37. The van der Waals surface area contributed by atoms with Gasteiger partial charge in [0.1, 0.15) is 12.1 Å². The summed E-state index contributed by atoms with van der Waals surface area (Å²) in [6, 6.07) is 0.323. The van der Waals surface area contributed by atoms with Crippen LogP contribution in [-0.4, -0.2) is 37.6 Å². The molecule has 6 nitrogen and oxygen atoms in total. The van der Waals surface area contributed by atoms with E-state index in [1.165, 1.54) is 6.42 Å². The van der Waals surface area contributed by atoms with Crippen LogP contribution >= 0.6 is 0 Å². The van der Waals surface area contributed by atoms with E-state index in [2.05, 4.69) is 12.0 Å². The van der Waals surface area contributed by atoms with Crippen molar-refractivity contribution in [2.45, 2.75) is 70.9 Å². The minimum atomic E-state index is -0.0865. The maximum Gasteiger partial charge on any atom is 0.277 e. The van der Waals surface area contributed by atoms with Crippen molar-refractivity contribution in [1.29, 1.82) is 0 Å². The molecule has 2 aromatic heterocycles. The Hall–Kier alpha value is -2.11. The van der Waals surface area contributed by atoms with Crippen LogP contribution in [0.25, 0.3) is 5.52 Å². The number of nitrogens with zero attached hydrogens (tertiary/aromatic N) is 4. The standard InChI is InChI=1S/C19H26N4O2/c1-2-14-7-5-6-10-22(14)17(24)13-21-11-12-23-18(19(21)25)15-8-3-4-9-16(15)20-23/h11-12,14H,2-10,13H2,1H3/t14-/m1/s1. The van der Waals surface area contributed by atoms with E-state index in [4.69, 9.17) is 0 Å². The topological polar surface area (TPSA) is 59.6 Å². The number of amides is 1. The number of carbonyl (C=O) groups excluding carboxylic acids is 1. The Bertz CT molecular complexity index is 851. The summed E-state index contributed by atoms with van der Waals surface area (Å²) in [5.74, 6) is 0.0615. The first-order chi connectivity index (χ1) is 12.2. The summed E-state index contributed by atoms with van der Waals surface area (Å²) >= 11 is 0. The van der Waals surface area contributed by atoms with Crippen molar-refractivity contribution in [3.8, 4) is 0 Å². The quantitative estimate of drug-likeness (QED) is 0.859. The molecule has 25 heavy (non-hydrogen) atoms. The monoisotopic (exact) mass is 342 g/mol. The van der Waals surface area contributed by atoms with Crippen molar-refractivity contribution in [3.63, 3.8) is 0 Å². The van der Waals surface area contributed by atoms with Crippen LogP contribution in [0.1, 0.15) is 56.7 Å². The van der Waals surface area contributed by atoms with Crippen molar-refractivity contribution >= 4 is 11.4 Å². The van der Waals surface area contributed by atoms with Crippen LogP contribution in [0, 0.1) is 0 Å². The lowest BCUT2D eigenvalue weighted by Crippen LogP contribution is -2.45. The molecule has 0 bridgehead atoms. The van der Waals surface area contributed by atoms with Gasteiger partial charge in [-0.05, 0) is 51.4 Å². The van der Waals surface area contributed by atoms with Crippen LogP contribution < -0.4 is 5.56 Å². The first-order valence-electron chi connectivity index (χ1n) is 9.58. The predicted octanol–water partition coefficient (Wildman–Crippen LogP) is 2.17. The highest BCUT2D eigenvalue weighted by Gasteiger charge is 2.26. The second kappa shape index (κ2) is 6.65. The minimum absolute atomic E-state index is 0.0615. The Balaban J connectivity index is 1.64. The number of aromatic nitrogens is 3. The Labute approximate surface area is 147 Å². The van der Waals surface area contributed by atoms with E-state index >= 15 is 0 Å². The molecule has 0 spiro atoms. The molecule has 0 unspecified atom stereocenters. The number of likely N-dealkylation sites (tertiary alicyclic amines) is 1. The molecule has 2 aromatic rings. The second-order valence-corrected chi connectivity index (χ2v) is 7.30. The molecule has 1 saturated heterocycles. The number of hydrogen-bond acceptors (Lipinski definition) is 3. The van der Waals surface area contributed by atoms with E-state index in [0.29, 0.717) is 11.6 Å². The van der Waals surface area contributed by atoms with Crippen LogP contribution in [0.2, 0.25) is 0 Å². The minimum Gasteiger partial charge on any atom is -0.338 e. The lowest BCUT2D eigenvalue weighted by Gasteiger charge is -2.35. The third kappa shape index (κ3) is 2.87. The Morgan fingerprint density at radius 1 is 1.20 bits per heavy atom. The summed E-state index contributed by atoms with van der Waals surface area (Å²) in [6.07, 6.45) is 11.9. The zero-order valence-corrected chi connectivity index (χ0v) is 14.9. The third-order valence-corrected chi connectivity index (χ3v) is 5.76. The SMILES string of the molecule is CC[C@@H]1CCCCN1C(=O)Cn1ccn2nc3c(c2c1=O)CCCC3. The Morgan fingerprint density at radius 3 is 2.88 bits per heavy atom. The van der Waals surface area contributed by atoms with Gasteiger partial charge in [-0.1, -0.05) is 6.92 Å². The molecule has 2 aliphatic rings. The van der Waals surface area contributed by atoms with Gasteiger partial charge < -0.3 is 9.47 Å². The number of piperidine rings is 1. The van der Waals surface area contributed by atoms with Gasteiger partial charge in [0, 0.05) is 30.5 Å². The number of hydrogen-bond donors (Lipinski definition) is 0. The van der Waals surface area contributed by atoms with Gasteiger partial charge in [-0.2, -0.15) is 5.10 Å². The van der Waals surface area contributed by atoms with E-state index in [-0.39, 0.29) is 18.0 Å². The molecule has 4 rings (SSSR count). The molecule has 0 saturated carbocycles. The summed E-state index contributed by atoms with van der Waals surface area (Å²) in [5, 5.41) is 4.56. The summed E-state index contributed by atoms with van der Waals surface area (Å²) in [6.45, 7) is 3.08. The van der Waals surface area contributed by atoms with E-state index in [0.717, 1.165) is 62.7 Å². The third-order valence-electron chi connectivity index (χ3n) is 5.76. The molecule has 1 atom stereocenters. The lowest BCUT2D eigenvalue weighted by molar-refractivity contribution is -0.135. The van der Waals surface area contributed by atoms with Crippen LogP contribution in [0.3, 0.4) is 0 Å². The smallest absolute Gasteiger partial charge is 0.277 e. The largest absolute Gasteiger partial charge is 0.338 e. The highest BCUT2D eigenvalue weighted by molar-refractivity contribution is 5.76. The fraction of sp³-hybridized carbons (Fsp3) is 0.632. The molecule has 134 valence electrons. The van der Waals surface area contributed by atoms with Gasteiger partial charge in [0.25, 0.3) is 5.56 Å². The molecule has 0 N–H and O–H groups in total. The molecule has 1 fully saturated rings. The van der Waals surface area contributed by atoms with Crippen molar-refractivity contribution < 1.29 is 4.79 Å². The van der Waals surface area contributed by atoms with Crippen molar-refractivity contribution in [1.82, 2.24) is 19.1 Å². The van der Waals surface area contributed by atoms with Crippen LogP contribution in [-0.2, 0) is 24.2 Å². The van der Waals surface area contributed by atoms with Crippen LogP contribution in [0.5, 0.6) is 0 Å². The highest BCUT2D eigenvalue weighted by atomic mass is 16.2. The van der Waals surface area contributed by atoms with Gasteiger partial charge in [0.15, 0.2) is 0 Å². The van der Waals surface area contributed by atoms with E-state index in [1.807, 2.05) is 11.1 Å². The lowest BCUT2D eigenvalue weighted by atomic mass is 9.97. The van der Waals surface area contributed by atoms with Crippen LogP contribution in [0.4, 0.5) is 0 Å². The average molecular weight is 342 g/mol. The first kappa shape index (κ1) is 16.4. The van der Waals surface area contributed by atoms with Gasteiger partial charge in [-0.25, -0.2) is 4.52 Å². The van der Waals surface area contributed by atoms with Gasteiger partial charge in [-0.15, -0.1) is 0 Å². The maximum absolute atomic E-state index is 13.0. The van der Waals surface area contributed by atoms with Crippen molar-refractivity contribution in [3.05, 3.63) is 34.0 Å². The molecule has 0 aromatic carbocycles. The number of aryl methyl sites for hydroxylation is 2. The summed E-state index contributed by atoms with van der Waals surface area (Å²) in [4.78, 5) is 27.7. The van der Waals surface area contributed by atoms with E-state index < -0.39 is 0 Å². The van der Waals surface area contributed by atoms with E-state index in [9.17, 15) is 9.59 Å². The maximum atomic E-state index is 13.0. The average Bonchev–Trinajstić information content (AvgIpc) is 3.03. The molecule has 1 amide bonds. The molecular weight excluding hydrogens is 316 g/mol. The summed E-state index contributed by atoms with van der Waals surface area (Å²) in [7, 11) is 0. The van der Waals surface area contributed by atoms with Gasteiger partial charge in [0.05, 0.1) is 5.69 Å². The molecular formula is C19H26N4O2. The molecule has 6 heteroatoms. The molecule has 0 radical (unpaired) electrons.